The number of aromatic nitrogens is 5. The molecule has 0 saturated heterocycles. The number of hydrogen-bond donors (Lipinski definition) is 2. The highest BCUT2D eigenvalue weighted by Crippen LogP contribution is 2.26. The lowest BCUT2D eigenvalue weighted by atomic mass is 10.1. The number of nitro benzene ring substituents is 1. The van der Waals surface area contributed by atoms with Gasteiger partial charge in [0.2, 0.25) is 11.6 Å². The Morgan fingerprint density at radius 3 is 2.63 bits per heavy atom. The van der Waals surface area contributed by atoms with Crippen LogP contribution in [0.25, 0.3) is 17.1 Å². The number of halogens is 1. The molecule has 0 aliphatic heterocycles. The zero-order valence-corrected chi connectivity index (χ0v) is 21.3. The predicted molar refractivity (Wildman–Crippen MR) is 144 cm³/mol. The molecule has 0 saturated carbocycles. The molecule has 0 bridgehead atoms. The fourth-order valence-electron chi connectivity index (χ4n) is 3.58. The van der Waals surface area contributed by atoms with Gasteiger partial charge in [0, 0.05) is 11.6 Å². The standard InChI is InChI=1S/C25H16ClN9O6/c26-18-10-9-16(12-19(18)35(38)39)25(37)40-17-8-4-5-14(11-17)13-28-30-24(36)21-20(15-6-2-1-3-7-15)29-33-34(21)23-22(27)31-41-32-23/h1-13H,(H2,27,31)(H,30,36)/b28-13+. The monoisotopic (exact) mass is 573 g/mol. The van der Waals surface area contributed by atoms with E-state index in [4.69, 9.17) is 22.1 Å². The third-order valence-electron chi connectivity index (χ3n) is 5.46. The quantitative estimate of drug-likeness (QED) is 0.0903. The van der Waals surface area contributed by atoms with Crippen molar-refractivity contribution in [3.8, 4) is 22.8 Å². The van der Waals surface area contributed by atoms with Gasteiger partial charge in [-0.25, -0.2) is 14.8 Å². The zero-order chi connectivity index (χ0) is 28.9. The van der Waals surface area contributed by atoms with Crippen molar-refractivity contribution >= 4 is 41.2 Å². The van der Waals surface area contributed by atoms with E-state index >= 15 is 0 Å². The van der Waals surface area contributed by atoms with E-state index in [0.717, 1.165) is 10.7 Å². The minimum atomic E-state index is -0.831. The summed E-state index contributed by atoms with van der Waals surface area (Å²) in [5.74, 6) is -1.53. The SMILES string of the molecule is Nc1nonc1-n1nnc(-c2ccccc2)c1C(=O)N/N=C/c1cccc(OC(=O)c2ccc(Cl)c([N+](=O)[O-])c2)c1. The maximum absolute atomic E-state index is 13.2. The number of nitrogens with zero attached hydrogens (tertiary/aromatic N) is 7. The summed E-state index contributed by atoms with van der Waals surface area (Å²) in [6, 6.07) is 18.6. The Balaban J connectivity index is 1.34. The Morgan fingerprint density at radius 2 is 1.90 bits per heavy atom. The minimum Gasteiger partial charge on any atom is -0.423 e. The summed E-state index contributed by atoms with van der Waals surface area (Å²) in [6.45, 7) is 0. The van der Waals surface area contributed by atoms with Gasteiger partial charge < -0.3 is 10.5 Å². The molecular formula is C25H16ClN9O6. The number of hydrogen-bond acceptors (Lipinski definition) is 12. The molecule has 15 nitrogen and oxygen atoms in total. The van der Waals surface area contributed by atoms with Gasteiger partial charge in [0.1, 0.15) is 16.5 Å². The number of nitrogen functional groups attached to an aromatic ring is 1. The van der Waals surface area contributed by atoms with Gasteiger partial charge in [-0.1, -0.05) is 59.3 Å². The number of carbonyl (C=O) groups excluding carboxylic acids is 2. The van der Waals surface area contributed by atoms with E-state index < -0.39 is 22.5 Å². The highest BCUT2D eigenvalue weighted by atomic mass is 35.5. The molecule has 204 valence electrons. The van der Waals surface area contributed by atoms with Crippen molar-refractivity contribution in [1.29, 1.82) is 0 Å². The number of anilines is 1. The second-order valence-corrected chi connectivity index (χ2v) is 8.53. The number of nitrogens with two attached hydrogens (primary N) is 1. The molecule has 1 amide bonds. The number of amides is 1. The Labute approximate surface area is 234 Å². The second kappa shape index (κ2) is 11.4. The maximum Gasteiger partial charge on any atom is 0.343 e. The van der Waals surface area contributed by atoms with E-state index in [9.17, 15) is 19.7 Å². The van der Waals surface area contributed by atoms with Crippen LogP contribution in [0.3, 0.4) is 0 Å². The molecule has 0 unspecified atom stereocenters. The lowest BCUT2D eigenvalue weighted by Gasteiger charge is -2.06. The second-order valence-electron chi connectivity index (χ2n) is 8.12. The Morgan fingerprint density at radius 1 is 1.10 bits per heavy atom. The van der Waals surface area contributed by atoms with E-state index in [-0.39, 0.29) is 39.4 Å². The highest BCUT2D eigenvalue weighted by molar-refractivity contribution is 6.32. The van der Waals surface area contributed by atoms with Gasteiger partial charge >= 0.3 is 5.97 Å². The summed E-state index contributed by atoms with van der Waals surface area (Å²) in [5, 5.41) is 30.3. The van der Waals surface area contributed by atoms with Gasteiger partial charge in [0.05, 0.1) is 16.7 Å². The molecule has 2 heterocycles. The summed E-state index contributed by atoms with van der Waals surface area (Å²) in [4.78, 5) is 36.2. The van der Waals surface area contributed by atoms with Gasteiger partial charge in [-0.2, -0.15) is 9.78 Å². The number of hydrazone groups is 1. The molecule has 0 fully saturated rings. The van der Waals surface area contributed by atoms with Crippen LogP contribution in [0.2, 0.25) is 5.02 Å². The Bertz CT molecular complexity index is 1800. The molecule has 0 aliphatic rings. The fraction of sp³-hybridized carbons (Fsp3) is 0. The maximum atomic E-state index is 13.2. The van der Waals surface area contributed by atoms with Crippen LogP contribution in [-0.4, -0.2) is 48.3 Å². The van der Waals surface area contributed by atoms with Crippen LogP contribution in [0.5, 0.6) is 5.75 Å². The van der Waals surface area contributed by atoms with Crippen molar-refractivity contribution in [2.45, 2.75) is 0 Å². The smallest absolute Gasteiger partial charge is 0.343 e. The number of carbonyl (C=O) groups is 2. The number of ether oxygens (including phenoxy) is 1. The average molecular weight is 574 g/mol. The van der Waals surface area contributed by atoms with Crippen LogP contribution in [0.4, 0.5) is 11.5 Å². The number of nitro groups is 1. The largest absolute Gasteiger partial charge is 0.423 e. The van der Waals surface area contributed by atoms with Gasteiger partial charge in [-0.15, -0.1) is 5.10 Å². The number of nitrogens with one attached hydrogen (secondary N) is 1. The summed E-state index contributed by atoms with van der Waals surface area (Å²) in [7, 11) is 0. The molecule has 3 aromatic carbocycles. The molecule has 16 heteroatoms. The first-order valence-electron chi connectivity index (χ1n) is 11.5. The third-order valence-corrected chi connectivity index (χ3v) is 5.78. The van der Waals surface area contributed by atoms with E-state index in [0.29, 0.717) is 11.1 Å². The van der Waals surface area contributed by atoms with E-state index in [1.54, 1.807) is 36.4 Å². The molecule has 0 aliphatic carbocycles. The molecular weight excluding hydrogens is 558 g/mol. The molecule has 41 heavy (non-hydrogen) atoms. The summed E-state index contributed by atoms with van der Waals surface area (Å²) in [6.07, 6.45) is 1.31. The van der Waals surface area contributed by atoms with E-state index in [1.165, 1.54) is 30.5 Å². The first-order chi connectivity index (χ1) is 19.8. The van der Waals surface area contributed by atoms with Gasteiger partial charge in [0.15, 0.2) is 5.69 Å². The molecule has 5 aromatic rings. The van der Waals surface area contributed by atoms with Crippen LogP contribution in [0.15, 0.2) is 82.5 Å². The fourth-order valence-corrected chi connectivity index (χ4v) is 3.77. The molecule has 3 N–H and O–H groups in total. The summed E-state index contributed by atoms with van der Waals surface area (Å²) < 4.78 is 11.0. The number of esters is 1. The zero-order valence-electron chi connectivity index (χ0n) is 20.5. The van der Waals surface area contributed by atoms with Crippen molar-refractivity contribution in [1.82, 2.24) is 30.7 Å². The van der Waals surface area contributed by atoms with E-state index in [2.05, 4.69) is 35.8 Å². The predicted octanol–water partition coefficient (Wildman–Crippen LogP) is 3.44. The first kappa shape index (κ1) is 26.6. The van der Waals surface area contributed by atoms with Gasteiger partial charge in [-0.05, 0) is 40.1 Å². The Hall–Kier alpha value is -5.96. The topological polar surface area (TPSA) is 207 Å². The number of rotatable bonds is 8. The van der Waals surface area contributed by atoms with Crippen molar-refractivity contribution in [3.63, 3.8) is 0 Å². The molecule has 2 aromatic heterocycles. The van der Waals surface area contributed by atoms with Gasteiger partial charge in [-0.3, -0.25) is 14.9 Å². The van der Waals surface area contributed by atoms with Crippen molar-refractivity contribution < 1.29 is 23.9 Å². The normalized spacial score (nSPS) is 11.0. The Kier molecular flexibility index (Phi) is 7.42. The third kappa shape index (κ3) is 5.74. The van der Waals surface area contributed by atoms with Crippen LogP contribution in [-0.2, 0) is 0 Å². The minimum absolute atomic E-state index is 0.0320. The summed E-state index contributed by atoms with van der Waals surface area (Å²) in [5.41, 5.74) is 8.96. The van der Waals surface area contributed by atoms with Crippen LogP contribution < -0.4 is 15.9 Å². The lowest BCUT2D eigenvalue weighted by Crippen LogP contribution is -2.22. The lowest BCUT2D eigenvalue weighted by molar-refractivity contribution is -0.384. The van der Waals surface area contributed by atoms with Crippen LogP contribution in [0.1, 0.15) is 26.4 Å². The molecule has 0 spiro atoms. The molecule has 5 rings (SSSR count). The highest BCUT2D eigenvalue weighted by Gasteiger charge is 2.26. The molecule has 0 atom stereocenters. The number of benzene rings is 3. The van der Waals surface area contributed by atoms with E-state index in [1.807, 2.05) is 6.07 Å². The van der Waals surface area contributed by atoms with Crippen molar-refractivity contribution in [2.24, 2.45) is 5.10 Å². The van der Waals surface area contributed by atoms with Crippen LogP contribution in [0, 0.1) is 10.1 Å². The summed E-state index contributed by atoms with van der Waals surface area (Å²) >= 11 is 5.80. The van der Waals surface area contributed by atoms with Crippen molar-refractivity contribution in [2.75, 3.05) is 5.73 Å². The average Bonchev–Trinajstić information content (AvgIpc) is 3.59. The van der Waals surface area contributed by atoms with Crippen molar-refractivity contribution in [3.05, 3.63) is 105 Å². The van der Waals surface area contributed by atoms with Crippen LogP contribution >= 0.6 is 11.6 Å². The first-order valence-corrected chi connectivity index (χ1v) is 11.9. The van der Waals surface area contributed by atoms with Gasteiger partial charge in [0.25, 0.3) is 11.6 Å². The molecule has 0 radical (unpaired) electrons.